The number of hydrogen-bond donors (Lipinski definition) is 1. The van der Waals surface area contributed by atoms with E-state index < -0.39 is 18.0 Å². The van der Waals surface area contributed by atoms with Crippen LogP contribution in [-0.4, -0.2) is 25.1 Å². The zero-order chi connectivity index (χ0) is 17.5. The summed E-state index contributed by atoms with van der Waals surface area (Å²) in [6.45, 7) is 1.49. The number of esters is 1. The first kappa shape index (κ1) is 18.0. The molecule has 0 aliphatic rings. The van der Waals surface area contributed by atoms with Gasteiger partial charge in [0.15, 0.2) is 6.10 Å². The number of rotatable bonds is 6. The standard InChI is InChI=1S/C17H16ClNO4S/c1-11(23-16(20)8-6-13-4-3-9-24-13)17(21)19-14-10-12(18)5-7-15(14)22-2/h3-11H,1-2H3,(H,19,21)/b8-6+/t11-/m0/s1. The van der Waals surface area contributed by atoms with Crippen LogP contribution in [0.2, 0.25) is 5.02 Å². The summed E-state index contributed by atoms with van der Waals surface area (Å²) >= 11 is 7.41. The van der Waals surface area contributed by atoms with Crippen molar-refractivity contribution in [3.8, 4) is 5.75 Å². The van der Waals surface area contributed by atoms with Crippen molar-refractivity contribution in [3.63, 3.8) is 0 Å². The predicted molar refractivity (Wildman–Crippen MR) is 95.5 cm³/mol. The first-order valence-electron chi connectivity index (χ1n) is 7.06. The van der Waals surface area contributed by atoms with E-state index in [4.69, 9.17) is 21.1 Å². The molecule has 5 nitrogen and oxygen atoms in total. The molecule has 1 amide bonds. The van der Waals surface area contributed by atoms with Crippen molar-refractivity contribution in [1.29, 1.82) is 0 Å². The third kappa shape index (κ3) is 5.11. The number of hydrogen-bond acceptors (Lipinski definition) is 5. The van der Waals surface area contributed by atoms with Crippen LogP contribution >= 0.6 is 22.9 Å². The minimum atomic E-state index is -0.964. The first-order chi connectivity index (χ1) is 11.5. The van der Waals surface area contributed by atoms with Crippen LogP contribution in [0.4, 0.5) is 5.69 Å². The molecule has 0 unspecified atom stereocenters. The van der Waals surface area contributed by atoms with Crippen molar-refractivity contribution < 1.29 is 19.1 Å². The van der Waals surface area contributed by atoms with Crippen molar-refractivity contribution in [2.75, 3.05) is 12.4 Å². The van der Waals surface area contributed by atoms with Crippen LogP contribution in [-0.2, 0) is 14.3 Å². The number of benzene rings is 1. The van der Waals surface area contributed by atoms with Gasteiger partial charge in [-0.15, -0.1) is 11.3 Å². The average Bonchev–Trinajstić information content (AvgIpc) is 3.06. The molecule has 1 atom stereocenters. The minimum absolute atomic E-state index is 0.409. The molecule has 2 aromatic rings. The van der Waals surface area contributed by atoms with Gasteiger partial charge in [-0.2, -0.15) is 0 Å². The fraction of sp³-hybridized carbons (Fsp3) is 0.176. The SMILES string of the molecule is COc1ccc(Cl)cc1NC(=O)[C@H](C)OC(=O)/C=C/c1cccs1. The summed E-state index contributed by atoms with van der Waals surface area (Å²) in [7, 11) is 1.48. The van der Waals surface area contributed by atoms with Gasteiger partial charge in [0.2, 0.25) is 0 Å². The van der Waals surface area contributed by atoms with E-state index in [1.807, 2.05) is 17.5 Å². The van der Waals surface area contributed by atoms with Crippen molar-refractivity contribution in [3.05, 3.63) is 51.7 Å². The molecule has 1 aromatic carbocycles. The lowest BCUT2D eigenvalue weighted by Gasteiger charge is -2.14. The van der Waals surface area contributed by atoms with Crippen LogP contribution < -0.4 is 10.1 Å². The predicted octanol–water partition coefficient (Wildman–Crippen LogP) is 3.99. The molecular weight excluding hydrogens is 350 g/mol. The number of nitrogens with one attached hydrogen (secondary N) is 1. The third-order valence-electron chi connectivity index (χ3n) is 3.01. The lowest BCUT2D eigenvalue weighted by atomic mass is 10.2. The molecule has 1 heterocycles. The Balaban J connectivity index is 1.94. The van der Waals surface area contributed by atoms with Gasteiger partial charge in [-0.3, -0.25) is 4.79 Å². The van der Waals surface area contributed by atoms with E-state index in [0.717, 1.165) is 4.88 Å². The van der Waals surface area contributed by atoms with E-state index in [9.17, 15) is 9.59 Å². The van der Waals surface area contributed by atoms with E-state index in [0.29, 0.717) is 16.5 Å². The van der Waals surface area contributed by atoms with Gasteiger partial charge in [-0.05, 0) is 42.6 Å². The zero-order valence-corrected chi connectivity index (χ0v) is 14.7. The van der Waals surface area contributed by atoms with Gasteiger partial charge < -0.3 is 14.8 Å². The molecule has 0 aliphatic heterocycles. The van der Waals surface area contributed by atoms with Crippen LogP contribution in [0, 0.1) is 0 Å². The van der Waals surface area contributed by atoms with E-state index in [-0.39, 0.29) is 0 Å². The minimum Gasteiger partial charge on any atom is -0.495 e. The number of carbonyl (C=O) groups excluding carboxylic acids is 2. The number of ether oxygens (including phenoxy) is 2. The highest BCUT2D eigenvalue weighted by atomic mass is 35.5. The maximum absolute atomic E-state index is 12.2. The molecule has 126 valence electrons. The fourth-order valence-electron chi connectivity index (χ4n) is 1.82. The number of thiophene rings is 1. The molecule has 0 aliphatic carbocycles. The van der Waals surface area contributed by atoms with E-state index in [2.05, 4.69) is 5.32 Å². The fourth-order valence-corrected chi connectivity index (χ4v) is 2.61. The van der Waals surface area contributed by atoms with Gasteiger partial charge in [-0.1, -0.05) is 17.7 Å². The van der Waals surface area contributed by atoms with Crippen LogP contribution in [0.15, 0.2) is 41.8 Å². The Hall–Kier alpha value is -2.31. The molecular formula is C17H16ClNO4S. The van der Waals surface area contributed by atoms with Gasteiger partial charge in [0.25, 0.3) is 5.91 Å². The highest BCUT2D eigenvalue weighted by Crippen LogP contribution is 2.27. The molecule has 2 rings (SSSR count). The van der Waals surface area contributed by atoms with Crippen LogP contribution in [0.1, 0.15) is 11.8 Å². The second-order valence-corrected chi connectivity index (χ2v) is 6.18. The normalized spacial score (nSPS) is 12.0. The maximum atomic E-state index is 12.2. The van der Waals surface area contributed by atoms with Gasteiger partial charge in [0.1, 0.15) is 5.75 Å². The smallest absolute Gasteiger partial charge is 0.331 e. The largest absolute Gasteiger partial charge is 0.495 e. The topological polar surface area (TPSA) is 64.6 Å². The summed E-state index contributed by atoms with van der Waals surface area (Å²) in [6, 6.07) is 8.59. The Kier molecular flexibility index (Phi) is 6.40. The van der Waals surface area contributed by atoms with Crippen molar-refractivity contribution in [1.82, 2.24) is 0 Å². The molecule has 1 N–H and O–H groups in total. The van der Waals surface area contributed by atoms with E-state index in [1.54, 1.807) is 24.3 Å². The number of anilines is 1. The van der Waals surface area contributed by atoms with Crippen molar-refractivity contribution >= 4 is 46.6 Å². The summed E-state index contributed by atoms with van der Waals surface area (Å²) in [6.07, 6.45) is 1.96. The molecule has 0 bridgehead atoms. The maximum Gasteiger partial charge on any atom is 0.331 e. The summed E-state index contributed by atoms with van der Waals surface area (Å²) < 4.78 is 10.2. The van der Waals surface area contributed by atoms with Crippen LogP contribution in [0.3, 0.4) is 0 Å². The molecule has 7 heteroatoms. The lowest BCUT2D eigenvalue weighted by Crippen LogP contribution is -2.29. The Morgan fingerprint density at radius 1 is 1.33 bits per heavy atom. The van der Waals surface area contributed by atoms with Crippen LogP contribution in [0.5, 0.6) is 5.75 Å². The zero-order valence-electron chi connectivity index (χ0n) is 13.1. The molecule has 0 saturated carbocycles. The molecule has 1 aromatic heterocycles. The lowest BCUT2D eigenvalue weighted by molar-refractivity contribution is -0.148. The Morgan fingerprint density at radius 2 is 2.12 bits per heavy atom. The van der Waals surface area contributed by atoms with Gasteiger partial charge in [0.05, 0.1) is 12.8 Å². The molecule has 0 fully saturated rings. The van der Waals surface area contributed by atoms with Crippen LogP contribution in [0.25, 0.3) is 6.08 Å². The van der Waals surface area contributed by atoms with E-state index >= 15 is 0 Å². The molecule has 0 radical (unpaired) electrons. The highest BCUT2D eigenvalue weighted by molar-refractivity contribution is 7.10. The molecule has 0 saturated heterocycles. The Morgan fingerprint density at radius 3 is 2.79 bits per heavy atom. The summed E-state index contributed by atoms with van der Waals surface area (Å²) in [5.41, 5.74) is 0.409. The molecule has 24 heavy (non-hydrogen) atoms. The van der Waals surface area contributed by atoms with Gasteiger partial charge in [-0.25, -0.2) is 4.79 Å². The van der Waals surface area contributed by atoms with Crippen molar-refractivity contribution in [2.45, 2.75) is 13.0 Å². The number of amides is 1. The monoisotopic (exact) mass is 365 g/mol. The number of carbonyl (C=O) groups is 2. The van der Waals surface area contributed by atoms with Gasteiger partial charge >= 0.3 is 5.97 Å². The van der Waals surface area contributed by atoms with Gasteiger partial charge in [0, 0.05) is 16.0 Å². The first-order valence-corrected chi connectivity index (χ1v) is 8.32. The number of methoxy groups -OCH3 is 1. The number of halogens is 1. The molecule has 0 spiro atoms. The highest BCUT2D eigenvalue weighted by Gasteiger charge is 2.18. The Labute approximate surface area is 148 Å². The van der Waals surface area contributed by atoms with Crippen molar-refractivity contribution in [2.24, 2.45) is 0 Å². The Bertz CT molecular complexity index is 743. The summed E-state index contributed by atoms with van der Waals surface area (Å²) in [5.74, 6) is -0.610. The second kappa shape index (κ2) is 8.52. The second-order valence-electron chi connectivity index (χ2n) is 4.76. The summed E-state index contributed by atoms with van der Waals surface area (Å²) in [4.78, 5) is 24.8. The summed E-state index contributed by atoms with van der Waals surface area (Å²) in [5, 5.41) is 4.99. The average molecular weight is 366 g/mol. The van der Waals surface area contributed by atoms with E-state index in [1.165, 1.54) is 31.4 Å². The quantitative estimate of drug-likeness (QED) is 0.621. The third-order valence-corrected chi connectivity index (χ3v) is 4.08.